The van der Waals surface area contributed by atoms with Crippen molar-refractivity contribution in [2.24, 2.45) is 4.99 Å². The lowest BCUT2D eigenvalue weighted by molar-refractivity contribution is 0.114. The quantitative estimate of drug-likeness (QED) is 0.354. The molecule has 8 heteroatoms. The summed E-state index contributed by atoms with van der Waals surface area (Å²) in [5.41, 5.74) is 0.986. The largest absolute Gasteiger partial charge is 0.493 e. The second-order valence-corrected chi connectivity index (χ2v) is 5.89. The van der Waals surface area contributed by atoms with Crippen molar-refractivity contribution in [3.63, 3.8) is 0 Å². The number of ether oxygens (including phenoxy) is 3. The zero-order valence-corrected chi connectivity index (χ0v) is 18.0. The fraction of sp³-hybridized carbons (Fsp3) is 0.588. The van der Waals surface area contributed by atoms with Crippen LogP contribution < -0.4 is 20.1 Å². The molecule has 0 aliphatic carbocycles. The third kappa shape index (κ3) is 6.71. The first-order valence-electron chi connectivity index (χ1n) is 8.23. The van der Waals surface area contributed by atoms with E-state index in [-0.39, 0.29) is 30.1 Å². The van der Waals surface area contributed by atoms with Gasteiger partial charge in [-0.1, -0.05) is 11.6 Å². The molecule has 1 fully saturated rings. The Labute approximate surface area is 171 Å². The van der Waals surface area contributed by atoms with E-state index in [0.717, 1.165) is 37.5 Å². The smallest absolute Gasteiger partial charge is 0.191 e. The number of hydrogen-bond donors (Lipinski definition) is 2. The van der Waals surface area contributed by atoms with Crippen LogP contribution in [-0.2, 0) is 11.3 Å². The predicted octanol–water partition coefficient (Wildman–Crippen LogP) is 3.21. The van der Waals surface area contributed by atoms with Gasteiger partial charge in [-0.25, -0.2) is 0 Å². The van der Waals surface area contributed by atoms with Crippen LogP contribution in [0, 0.1) is 0 Å². The Kier molecular flexibility index (Phi) is 10.3. The third-order valence-electron chi connectivity index (χ3n) is 3.78. The van der Waals surface area contributed by atoms with Crippen molar-refractivity contribution in [3.05, 3.63) is 22.7 Å². The molecule has 25 heavy (non-hydrogen) atoms. The van der Waals surface area contributed by atoms with E-state index in [1.807, 2.05) is 19.1 Å². The molecule has 0 amide bonds. The van der Waals surface area contributed by atoms with Crippen molar-refractivity contribution in [2.45, 2.75) is 32.4 Å². The minimum atomic E-state index is 0. The lowest BCUT2D eigenvalue weighted by atomic mass is 10.2. The van der Waals surface area contributed by atoms with Gasteiger partial charge in [0.2, 0.25) is 0 Å². The molecule has 0 radical (unpaired) electrons. The minimum absolute atomic E-state index is 0. The maximum atomic E-state index is 6.29. The summed E-state index contributed by atoms with van der Waals surface area (Å²) in [5, 5.41) is 7.09. The predicted molar refractivity (Wildman–Crippen MR) is 112 cm³/mol. The van der Waals surface area contributed by atoms with Gasteiger partial charge in [-0.05, 0) is 37.5 Å². The molecule has 1 aromatic rings. The number of hydrogen-bond acceptors (Lipinski definition) is 4. The van der Waals surface area contributed by atoms with E-state index in [2.05, 4.69) is 15.6 Å². The Morgan fingerprint density at radius 2 is 2.20 bits per heavy atom. The molecule has 142 valence electrons. The van der Waals surface area contributed by atoms with Gasteiger partial charge in [-0.2, -0.15) is 0 Å². The molecule has 0 spiro atoms. The molecule has 0 aromatic heterocycles. The topological polar surface area (TPSA) is 64.1 Å². The molecule has 1 saturated heterocycles. The van der Waals surface area contributed by atoms with E-state index in [9.17, 15) is 0 Å². The van der Waals surface area contributed by atoms with Crippen molar-refractivity contribution >= 4 is 41.5 Å². The van der Waals surface area contributed by atoms with Crippen LogP contribution in [0.15, 0.2) is 17.1 Å². The number of nitrogens with one attached hydrogen (secondary N) is 2. The summed E-state index contributed by atoms with van der Waals surface area (Å²) in [6.07, 6.45) is 2.49. The number of guanidine groups is 1. The van der Waals surface area contributed by atoms with Gasteiger partial charge in [0, 0.05) is 26.7 Å². The number of halogens is 2. The summed E-state index contributed by atoms with van der Waals surface area (Å²) < 4.78 is 16.5. The highest BCUT2D eigenvalue weighted by Gasteiger charge is 2.16. The first-order chi connectivity index (χ1) is 11.7. The zero-order valence-electron chi connectivity index (χ0n) is 14.9. The van der Waals surface area contributed by atoms with Crippen molar-refractivity contribution in [1.29, 1.82) is 0 Å². The average molecular weight is 484 g/mol. The summed E-state index contributed by atoms with van der Waals surface area (Å²) >= 11 is 6.29. The molecule has 6 nitrogen and oxygen atoms in total. The highest BCUT2D eigenvalue weighted by molar-refractivity contribution is 14.0. The Bertz CT molecular complexity index is 566. The van der Waals surface area contributed by atoms with Crippen LogP contribution in [0.5, 0.6) is 11.5 Å². The molecule has 0 bridgehead atoms. The van der Waals surface area contributed by atoms with Crippen molar-refractivity contribution in [1.82, 2.24) is 10.6 Å². The molecule has 1 aliphatic rings. The van der Waals surface area contributed by atoms with Crippen LogP contribution in [0.1, 0.15) is 25.3 Å². The highest BCUT2D eigenvalue weighted by Crippen LogP contribution is 2.36. The first kappa shape index (κ1) is 22.1. The number of nitrogens with zero attached hydrogens (tertiary/aromatic N) is 1. The molecule has 1 unspecified atom stereocenters. The molecule has 2 rings (SSSR count). The van der Waals surface area contributed by atoms with E-state index >= 15 is 0 Å². The summed E-state index contributed by atoms with van der Waals surface area (Å²) in [6, 6.07) is 3.78. The Hall–Kier alpha value is -0.930. The van der Waals surface area contributed by atoms with Crippen LogP contribution in [0.3, 0.4) is 0 Å². The molecule has 0 saturated carbocycles. The summed E-state index contributed by atoms with van der Waals surface area (Å²) in [4.78, 5) is 4.23. The van der Waals surface area contributed by atoms with Crippen molar-refractivity contribution in [3.8, 4) is 11.5 Å². The SMILES string of the molecule is CCOc1c(Cl)cc(CNC(=NC)NCC2CCCO2)cc1OC.I. The van der Waals surface area contributed by atoms with Gasteiger partial charge in [-0.3, -0.25) is 4.99 Å². The maximum absolute atomic E-state index is 6.29. The second kappa shape index (κ2) is 11.6. The average Bonchev–Trinajstić information content (AvgIpc) is 3.10. The maximum Gasteiger partial charge on any atom is 0.191 e. The first-order valence-corrected chi connectivity index (χ1v) is 8.61. The molecule has 1 aromatic carbocycles. The Balaban J connectivity index is 0.00000312. The van der Waals surface area contributed by atoms with Gasteiger partial charge in [0.25, 0.3) is 0 Å². The van der Waals surface area contributed by atoms with E-state index < -0.39 is 0 Å². The molecular weight excluding hydrogens is 457 g/mol. The van der Waals surface area contributed by atoms with E-state index in [1.165, 1.54) is 0 Å². The van der Waals surface area contributed by atoms with E-state index in [0.29, 0.717) is 29.7 Å². The fourth-order valence-electron chi connectivity index (χ4n) is 2.58. The standard InChI is InChI=1S/C17H26ClN3O3.HI/c1-4-23-16-14(18)8-12(9-15(16)22-3)10-20-17(19-2)21-11-13-6-5-7-24-13;/h8-9,13H,4-7,10-11H2,1-3H3,(H2,19,20,21);1H. The van der Waals surface area contributed by atoms with Crippen molar-refractivity contribution in [2.75, 3.05) is 33.9 Å². The summed E-state index contributed by atoms with van der Waals surface area (Å²) in [6.45, 7) is 4.63. The van der Waals surface area contributed by atoms with Gasteiger partial charge in [0.15, 0.2) is 17.5 Å². The van der Waals surface area contributed by atoms with Crippen LogP contribution in [-0.4, -0.2) is 46.0 Å². The molecule has 1 aliphatic heterocycles. The number of benzene rings is 1. The van der Waals surface area contributed by atoms with Crippen LogP contribution >= 0.6 is 35.6 Å². The second-order valence-electron chi connectivity index (χ2n) is 5.48. The van der Waals surface area contributed by atoms with Crippen LogP contribution in [0.4, 0.5) is 0 Å². The minimum Gasteiger partial charge on any atom is -0.493 e. The summed E-state index contributed by atoms with van der Waals surface area (Å²) in [7, 11) is 3.35. The number of rotatable bonds is 7. The van der Waals surface area contributed by atoms with E-state index in [1.54, 1.807) is 14.2 Å². The van der Waals surface area contributed by atoms with Gasteiger partial charge in [0.05, 0.1) is 24.8 Å². The molecule has 1 atom stereocenters. The number of aliphatic imine (C=N–C) groups is 1. The molecule has 2 N–H and O–H groups in total. The normalized spacial score (nSPS) is 17.0. The van der Waals surface area contributed by atoms with E-state index in [4.69, 9.17) is 25.8 Å². The Morgan fingerprint density at radius 3 is 2.80 bits per heavy atom. The highest BCUT2D eigenvalue weighted by atomic mass is 127. The molecular formula is C17H27ClIN3O3. The number of methoxy groups -OCH3 is 1. The van der Waals surface area contributed by atoms with Gasteiger partial charge in [-0.15, -0.1) is 24.0 Å². The fourth-order valence-corrected chi connectivity index (χ4v) is 2.87. The lowest BCUT2D eigenvalue weighted by Crippen LogP contribution is -2.40. The lowest BCUT2D eigenvalue weighted by Gasteiger charge is -2.16. The van der Waals surface area contributed by atoms with Gasteiger partial charge in [0.1, 0.15) is 0 Å². The zero-order chi connectivity index (χ0) is 17.4. The third-order valence-corrected chi connectivity index (χ3v) is 4.06. The van der Waals surface area contributed by atoms with Gasteiger partial charge >= 0.3 is 0 Å². The summed E-state index contributed by atoms with van der Waals surface area (Å²) in [5.74, 6) is 1.93. The van der Waals surface area contributed by atoms with Crippen LogP contribution in [0.2, 0.25) is 5.02 Å². The monoisotopic (exact) mass is 483 g/mol. The Morgan fingerprint density at radius 1 is 1.40 bits per heavy atom. The molecule has 1 heterocycles. The van der Waals surface area contributed by atoms with Crippen LogP contribution in [0.25, 0.3) is 0 Å². The van der Waals surface area contributed by atoms with Crippen molar-refractivity contribution < 1.29 is 14.2 Å². The van der Waals surface area contributed by atoms with Gasteiger partial charge < -0.3 is 24.8 Å².